The number of hydrogen-bond donors (Lipinski definition) is 0. The van der Waals surface area contributed by atoms with Gasteiger partial charge in [-0.25, -0.2) is 0 Å². The van der Waals surface area contributed by atoms with Crippen LogP contribution in [0.25, 0.3) is 11.1 Å². The van der Waals surface area contributed by atoms with Crippen LogP contribution in [0.3, 0.4) is 0 Å². The highest BCUT2D eigenvalue weighted by Crippen LogP contribution is 2.39. The van der Waals surface area contributed by atoms with Crippen molar-refractivity contribution < 1.29 is 9.53 Å². The highest BCUT2D eigenvalue weighted by atomic mass is 35.5. The minimum absolute atomic E-state index is 0.00769. The normalized spacial score (nSPS) is 19.0. The number of ether oxygens (including phenoxy) is 1. The van der Waals surface area contributed by atoms with Crippen LogP contribution < -0.4 is 4.74 Å². The van der Waals surface area contributed by atoms with E-state index in [1.165, 1.54) is 63.6 Å². The molecule has 1 saturated carbocycles. The summed E-state index contributed by atoms with van der Waals surface area (Å²) in [6, 6.07) is 12.9. The largest absolute Gasteiger partial charge is 0.496 e. The van der Waals surface area contributed by atoms with Gasteiger partial charge in [-0.1, -0.05) is 43.0 Å². The van der Waals surface area contributed by atoms with Gasteiger partial charge in [-0.3, -0.25) is 4.79 Å². The number of carbonyl (C=O) groups is 1. The Morgan fingerprint density at radius 1 is 0.967 bits per heavy atom. The number of benzene rings is 2. The summed E-state index contributed by atoms with van der Waals surface area (Å²) in [6.07, 6.45) is 9.31. The van der Waals surface area contributed by atoms with Gasteiger partial charge in [0.25, 0.3) is 0 Å². The Balaban J connectivity index is 1.54. The van der Waals surface area contributed by atoms with Gasteiger partial charge in [0.15, 0.2) is 5.78 Å². The number of methoxy groups -OCH3 is 1. The standard InChI is InChI=1S/C26H32ClNO2/c1-18(29)23-10-8-21(17-25(23)27)20-9-11-26(30-2)24(16-20)19-12-14-28(15-13-19)22-6-4-3-5-7-22/h8-11,16-17,19,22H,3-7,12-15H2,1-2H3. The Labute approximate surface area is 185 Å². The lowest BCUT2D eigenvalue weighted by atomic mass is 9.85. The Morgan fingerprint density at radius 2 is 1.63 bits per heavy atom. The first-order chi connectivity index (χ1) is 14.6. The highest BCUT2D eigenvalue weighted by molar-refractivity contribution is 6.34. The van der Waals surface area contributed by atoms with Crippen LogP contribution in [0.2, 0.25) is 5.02 Å². The minimum Gasteiger partial charge on any atom is -0.496 e. The Kier molecular flexibility index (Phi) is 6.80. The van der Waals surface area contributed by atoms with Crippen LogP contribution in [-0.4, -0.2) is 36.9 Å². The molecule has 1 aliphatic carbocycles. The fourth-order valence-corrected chi connectivity index (χ4v) is 5.55. The van der Waals surface area contributed by atoms with E-state index in [2.05, 4.69) is 23.1 Å². The minimum atomic E-state index is -0.00769. The molecule has 1 saturated heterocycles. The summed E-state index contributed by atoms with van der Waals surface area (Å²) >= 11 is 6.36. The predicted octanol–water partition coefficient (Wildman–Crippen LogP) is 6.73. The van der Waals surface area contributed by atoms with Gasteiger partial charge >= 0.3 is 0 Å². The molecule has 4 heteroatoms. The number of hydrogen-bond acceptors (Lipinski definition) is 3. The number of Topliss-reactive ketones (excluding diaryl/α,β-unsaturated/α-hetero) is 1. The van der Waals surface area contributed by atoms with E-state index in [-0.39, 0.29) is 5.78 Å². The van der Waals surface area contributed by atoms with Crippen molar-refractivity contribution >= 4 is 17.4 Å². The molecule has 3 nitrogen and oxygen atoms in total. The molecule has 0 aromatic heterocycles. The fraction of sp³-hybridized carbons (Fsp3) is 0.500. The van der Waals surface area contributed by atoms with E-state index >= 15 is 0 Å². The highest BCUT2D eigenvalue weighted by Gasteiger charge is 2.28. The summed E-state index contributed by atoms with van der Waals surface area (Å²) in [5.74, 6) is 1.49. The topological polar surface area (TPSA) is 29.5 Å². The maximum Gasteiger partial charge on any atom is 0.161 e. The molecule has 0 radical (unpaired) electrons. The van der Waals surface area contributed by atoms with Crippen LogP contribution in [-0.2, 0) is 0 Å². The summed E-state index contributed by atoms with van der Waals surface area (Å²) < 4.78 is 5.72. The van der Waals surface area contributed by atoms with Gasteiger partial charge in [0.2, 0.25) is 0 Å². The maximum absolute atomic E-state index is 11.7. The van der Waals surface area contributed by atoms with Crippen molar-refractivity contribution in [3.63, 3.8) is 0 Å². The summed E-state index contributed by atoms with van der Waals surface area (Å²) in [4.78, 5) is 14.4. The Bertz CT molecular complexity index is 896. The SMILES string of the molecule is COc1ccc(-c2ccc(C(C)=O)c(Cl)c2)cc1C1CCN(C2CCCCC2)CC1. The summed E-state index contributed by atoms with van der Waals surface area (Å²) in [5.41, 5.74) is 4.03. The van der Waals surface area contributed by atoms with E-state index in [1.54, 1.807) is 14.0 Å². The van der Waals surface area contributed by atoms with Gasteiger partial charge in [0, 0.05) is 11.6 Å². The molecular formula is C26H32ClNO2. The number of nitrogens with zero attached hydrogens (tertiary/aromatic N) is 1. The van der Waals surface area contributed by atoms with E-state index in [4.69, 9.17) is 16.3 Å². The van der Waals surface area contributed by atoms with Crippen LogP contribution in [0, 0.1) is 0 Å². The van der Waals surface area contributed by atoms with Crippen LogP contribution in [0.4, 0.5) is 0 Å². The molecule has 0 bridgehead atoms. The van der Waals surface area contributed by atoms with Gasteiger partial charge in [-0.15, -0.1) is 0 Å². The molecule has 1 heterocycles. The number of halogens is 1. The molecule has 2 aliphatic rings. The first-order valence-corrected chi connectivity index (χ1v) is 11.7. The van der Waals surface area contributed by atoms with Crippen molar-refractivity contribution in [3.8, 4) is 16.9 Å². The Morgan fingerprint density at radius 3 is 2.27 bits per heavy atom. The monoisotopic (exact) mass is 425 g/mol. The molecule has 0 spiro atoms. The molecule has 0 N–H and O–H groups in total. The third-order valence-corrected chi connectivity index (χ3v) is 7.28. The number of rotatable bonds is 5. The van der Waals surface area contributed by atoms with Crippen molar-refractivity contribution in [1.82, 2.24) is 4.90 Å². The van der Waals surface area contributed by atoms with E-state index in [1.807, 2.05) is 18.2 Å². The molecule has 0 unspecified atom stereocenters. The summed E-state index contributed by atoms with van der Waals surface area (Å²) in [5, 5.41) is 0.512. The van der Waals surface area contributed by atoms with Gasteiger partial charge in [-0.2, -0.15) is 0 Å². The number of ketones is 1. The predicted molar refractivity (Wildman–Crippen MR) is 124 cm³/mol. The van der Waals surface area contributed by atoms with Crippen molar-refractivity contribution in [2.75, 3.05) is 20.2 Å². The molecule has 2 fully saturated rings. The molecule has 0 amide bonds. The first kappa shape index (κ1) is 21.4. The zero-order valence-corrected chi connectivity index (χ0v) is 18.9. The maximum atomic E-state index is 11.7. The molecule has 1 aliphatic heterocycles. The zero-order chi connectivity index (χ0) is 21.1. The second kappa shape index (κ2) is 9.53. The third-order valence-electron chi connectivity index (χ3n) is 6.97. The second-order valence-electron chi connectivity index (χ2n) is 8.81. The molecule has 0 atom stereocenters. The number of piperidine rings is 1. The number of carbonyl (C=O) groups excluding carboxylic acids is 1. The van der Waals surface area contributed by atoms with E-state index in [0.29, 0.717) is 16.5 Å². The smallest absolute Gasteiger partial charge is 0.161 e. The Hall–Kier alpha value is -1.84. The molecule has 2 aromatic rings. The zero-order valence-electron chi connectivity index (χ0n) is 18.1. The second-order valence-corrected chi connectivity index (χ2v) is 9.22. The van der Waals surface area contributed by atoms with Crippen molar-refractivity contribution in [2.24, 2.45) is 0 Å². The fourth-order valence-electron chi connectivity index (χ4n) is 5.23. The average Bonchev–Trinajstić information content (AvgIpc) is 2.79. The average molecular weight is 426 g/mol. The van der Waals surface area contributed by atoms with Crippen LogP contribution >= 0.6 is 11.6 Å². The van der Waals surface area contributed by atoms with E-state index in [9.17, 15) is 4.79 Å². The van der Waals surface area contributed by atoms with Crippen molar-refractivity contribution in [3.05, 3.63) is 52.5 Å². The van der Waals surface area contributed by atoms with Crippen molar-refractivity contribution in [1.29, 1.82) is 0 Å². The summed E-state index contributed by atoms with van der Waals surface area (Å²) in [7, 11) is 1.76. The van der Waals surface area contributed by atoms with Crippen LogP contribution in [0.1, 0.15) is 73.7 Å². The number of likely N-dealkylation sites (tertiary alicyclic amines) is 1. The molecule has 30 heavy (non-hydrogen) atoms. The molecule has 2 aromatic carbocycles. The third kappa shape index (κ3) is 4.58. The van der Waals surface area contributed by atoms with Gasteiger partial charge in [-0.05, 0) is 92.6 Å². The van der Waals surface area contributed by atoms with Gasteiger partial charge in [0.05, 0.1) is 12.1 Å². The van der Waals surface area contributed by atoms with Gasteiger partial charge in [0.1, 0.15) is 5.75 Å². The lowest BCUT2D eigenvalue weighted by molar-refractivity contribution is 0.101. The first-order valence-electron chi connectivity index (χ1n) is 11.3. The van der Waals surface area contributed by atoms with Crippen LogP contribution in [0.15, 0.2) is 36.4 Å². The van der Waals surface area contributed by atoms with E-state index < -0.39 is 0 Å². The summed E-state index contributed by atoms with van der Waals surface area (Å²) in [6.45, 7) is 3.91. The molecular weight excluding hydrogens is 394 g/mol. The lowest BCUT2D eigenvalue weighted by Gasteiger charge is -2.39. The van der Waals surface area contributed by atoms with Crippen LogP contribution in [0.5, 0.6) is 5.75 Å². The van der Waals surface area contributed by atoms with Gasteiger partial charge < -0.3 is 9.64 Å². The quantitative estimate of drug-likeness (QED) is 0.497. The van der Waals surface area contributed by atoms with E-state index in [0.717, 1.165) is 22.9 Å². The molecule has 4 rings (SSSR count). The van der Waals surface area contributed by atoms with Crippen molar-refractivity contribution in [2.45, 2.75) is 63.8 Å². The molecule has 160 valence electrons. The lowest BCUT2D eigenvalue weighted by Crippen LogP contribution is -2.41.